The first-order chi connectivity index (χ1) is 11.3. The molecule has 1 atom stereocenters. The molecular weight excluding hydrogens is 375 g/mol. The third kappa shape index (κ3) is 4.17. The Morgan fingerprint density at radius 3 is 2.46 bits per heavy atom. The van der Waals surface area contributed by atoms with Crippen LogP contribution in [0.15, 0.2) is 41.4 Å². The van der Waals surface area contributed by atoms with E-state index in [0.29, 0.717) is 11.3 Å². The lowest BCUT2D eigenvalue weighted by Gasteiger charge is -2.21. The fourth-order valence-corrected chi connectivity index (χ4v) is 3.48. The Balaban J connectivity index is 2.17. The minimum absolute atomic E-state index is 0.0246. The van der Waals surface area contributed by atoms with Crippen molar-refractivity contribution in [1.29, 1.82) is 0 Å². The average Bonchev–Trinajstić information content (AvgIpc) is 2.57. The van der Waals surface area contributed by atoms with E-state index in [0.717, 1.165) is 10.5 Å². The number of benzene rings is 1. The number of aliphatic hydroxyl groups is 1. The van der Waals surface area contributed by atoms with E-state index in [1.54, 1.807) is 24.3 Å². The molecule has 9 heteroatoms. The molecule has 0 radical (unpaired) electrons. The first kappa shape index (κ1) is 19.0. The van der Waals surface area contributed by atoms with E-state index >= 15 is 0 Å². The number of sulfonamides is 1. The quantitative estimate of drug-likeness (QED) is 0.766. The summed E-state index contributed by atoms with van der Waals surface area (Å²) in [7, 11) is -0.947. The van der Waals surface area contributed by atoms with Gasteiger partial charge in [-0.2, -0.15) is 4.31 Å². The maximum atomic E-state index is 12.5. The highest BCUT2D eigenvalue weighted by Gasteiger charge is 2.25. The van der Waals surface area contributed by atoms with Crippen molar-refractivity contribution in [3.05, 3.63) is 52.3 Å². The standard InChI is InChI=1S/C15H16Cl2N2O4S/c1-19(9-14(20)10-3-5-11(23-2)6-4-10)24(21,22)12-7-13(16)15(17)18-8-12/h3-8,14,20H,9H2,1-2H3. The van der Waals surface area contributed by atoms with Crippen LogP contribution in [0.2, 0.25) is 10.2 Å². The van der Waals surface area contributed by atoms with Crippen LogP contribution in [0, 0.1) is 0 Å². The molecule has 2 aromatic rings. The van der Waals surface area contributed by atoms with E-state index in [1.165, 1.54) is 20.2 Å². The molecule has 2 rings (SSSR count). The summed E-state index contributed by atoms with van der Waals surface area (Å²) in [4.78, 5) is 3.64. The number of aliphatic hydroxyl groups excluding tert-OH is 1. The zero-order valence-electron chi connectivity index (χ0n) is 13.0. The SMILES string of the molecule is COc1ccc(C(O)CN(C)S(=O)(=O)c2cnc(Cl)c(Cl)c2)cc1. The number of aromatic nitrogens is 1. The van der Waals surface area contributed by atoms with Crippen LogP contribution in [0.1, 0.15) is 11.7 Å². The lowest BCUT2D eigenvalue weighted by molar-refractivity contribution is 0.155. The van der Waals surface area contributed by atoms with Gasteiger partial charge < -0.3 is 9.84 Å². The molecule has 0 saturated carbocycles. The van der Waals surface area contributed by atoms with Crippen molar-refractivity contribution < 1.29 is 18.3 Å². The van der Waals surface area contributed by atoms with Crippen LogP contribution in [0.3, 0.4) is 0 Å². The van der Waals surface area contributed by atoms with Crippen molar-refractivity contribution in [2.45, 2.75) is 11.0 Å². The Kier molecular flexibility index (Phi) is 6.06. The summed E-state index contributed by atoms with van der Waals surface area (Å²) in [5, 5.41) is 10.3. The molecule has 0 fully saturated rings. The Labute approximate surface area is 150 Å². The molecule has 0 bridgehead atoms. The minimum atomic E-state index is -3.85. The highest BCUT2D eigenvalue weighted by molar-refractivity contribution is 7.89. The first-order valence-electron chi connectivity index (χ1n) is 6.85. The van der Waals surface area contributed by atoms with E-state index < -0.39 is 16.1 Å². The lowest BCUT2D eigenvalue weighted by Crippen LogP contribution is -2.31. The molecule has 24 heavy (non-hydrogen) atoms. The Hall–Kier alpha value is -1.38. The summed E-state index contributed by atoms with van der Waals surface area (Å²) < 4.78 is 31.1. The van der Waals surface area contributed by atoms with E-state index in [-0.39, 0.29) is 21.6 Å². The van der Waals surface area contributed by atoms with Crippen molar-refractivity contribution in [3.63, 3.8) is 0 Å². The third-order valence-electron chi connectivity index (χ3n) is 3.41. The van der Waals surface area contributed by atoms with Gasteiger partial charge in [-0.05, 0) is 23.8 Å². The smallest absolute Gasteiger partial charge is 0.244 e. The maximum Gasteiger partial charge on any atom is 0.244 e. The number of likely N-dealkylation sites (N-methyl/N-ethyl adjacent to an activating group) is 1. The molecule has 1 heterocycles. The predicted molar refractivity (Wildman–Crippen MR) is 92.0 cm³/mol. The Morgan fingerprint density at radius 1 is 1.29 bits per heavy atom. The van der Waals surface area contributed by atoms with Gasteiger partial charge in [0.15, 0.2) is 0 Å². The topological polar surface area (TPSA) is 79.7 Å². The number of rotatable bonds is 6. The molecule has 0 aliphatic carbocycles. The van der Waals surface area contributed by atoms with Crippen LogP contribution >= 0.6 is 23.2 Å². The van der Waals surface area contributed by atoms with Crippen LogP contribution in [0.5, 0.6) is 5.75 Å². The summed E-state index contributed by atoms with van der Waals surface area (Å²) in [5.74, 6) is 0.647. The molecule has 0 aliphatic rings. The Morgan fingerprint density at radius 2 is 1.92 bits per heavy atom. The van der Waals surface area contributed by atoms with E-state index in [2.05, 4.69) is 4.98 Å². The number of hydrogen-bond donors (Lipinski definition) is 1. The van der Waals surface area contributed by atoms with Gasteiger partial charge in [0.05, 0.1) is 18.2 Å². The number of ether oxygens (including phenoxy) is 1. The molecule has 130 valence electrons. The van der Waals surface area contributed by atoms with Crippen molar-refractivity contribution in [2.24, 2.45) is 0 Å². The molecule has 1 unspecified atom stereocenters. The van der Waals surface area contributed by atoms with Gasteiger partial charge in [-0.15, -0.1) is 0 Å². The van der Waals surface area contributed by atoms with Crippen LogP contribution in [-0.4, -0.2) is 43.5 Å². The van der Waals surface area contributed by atoms with E-state index in [1.807, 2.05) is 0 Å². The van der Waals surface area contributed by atoms with Crippen molar-refractivity contribution in [1.82, 2.24) is 9.29 Å². The third-order valence-corrected chi connectivity index (χ3v) is 5.88. The number of halogens is 2. The Bertz CT molecular complexity index is 813. The lowest BCUT2D eigenvalue weighted by atomic mass is 10.1. The minimum Gasteiger partial charge on any atom is -0.497 e. The molecular formula is C15H16Cl2N2O4S. The molecule has 0 spiro atoms. The molecule has 6 nitrogen and oxygen atoms in total. The normalized spacial score (nSPS) is 13.1. The van der Waals surface area contributed by atoms with E-state index in [9.17, 15) is 13.5 Å². The summed E-state index contributed by atoms with van der Waals surface area (Å²) in [5.41, 5.74) is 0.574. The van der Waals surface area contributed by atoms with Crippen LogP contribution < -0.4 is 4.74 Å². The van der Waals surface area contributed by atoms with E-state index in [4.69, 9.17) is 27.9 Å². The zero-order valence-corrected chi connectivity index (χ0v) is 15.3. The zero-order chi connectivity index (χ0) is 17.9. The van der Waals surface area contributed by atoms with Crippen molar-refractivity contribution in [2.75, 3.05) is 20.7 Å². The van der Waals surface area contributed by atoms with Crippen molar-refractivity contribution in [3.8, 4) is 5.75 Å². The van der Waals surface area contributed by atoms with Gasteiger partial charge in [0, 0.05) is 19.8 Å². The van der Waals surface area contributed by atoms with Gasteiger partial charge in [-0.25, -0.2) is 13.4 Å². The van der Waals surface area contributed by atoms with Gasteiger partial charge in [-0.3, -0.25) is 0 Å². The second kappa shape index (κ2) is 7.67. The summed E-state index contributed by atoms with van der Waals surface area (Å²) >= 11 is 11.5. The highest BCUT2D eigenvalue weighted by Crippen LogP contribution is 2.25. The first-order valence-corrected chi connectivity index (χ1v) is 9.04. The number of pyridine rings is 1. The summed E-state index contributed by atoms with van der Waals surface area (Å²) in [6.45, 7) is -0.130. The van der Waals surface area contributed by atoms with Gasteiger partial charge in [0.25, 0.3) is 0 Å². The monoisotopic (exact) mass is 390 g/mol. The van der Waals surface area contributed by atoms with Crippen LogP contribution in [0.4, 0.5) is 0 Å². The summed E-state index contributed by atoms with van der Waals surface area (Å²) in [6, 6.07) is 7.95. The predicted octanol–water partition coefficient (Wildman–Crippen LogP) is 2.75. The fourth-order valence-electron chi connectivity index (χ4n) is 2.00. The fraction of sp³-hybridized carbons (Fsp3) is 0.267. The number of nitrogens with zero attached hydrogens (tertiary/aromatic N) is 2. The van der Waals surface area contributed by atoms with Gasteiger partial charge in [0.2, 0.25) is 10.0 Å². The number of methoxy groups -OCH3 is 1. The second-order valence-electron chi connectivity index (χ2n) is 5.02. The molecule has 1 aromatic carbocycles. The molecule has 0 aliphatic heterocycles. The van der Waals surface area contributed by atoms with Gasteiger partial charge >= 0.3 is 0 Å². The molecule has 0 amide bonds. The average molecular weight is 391 g/mol. The van der Waals surface area contributed by atoms with Gasteiger partial charge in [-0.1, -0.05) is 35.3 Å². The maximum absolute atomic E-state index is 12.5. The van der Waals surface area contributed by atoms with Crippen molar-refractivity contribution >= 4 is 33.2 Å². The molecule has 1 N–H and O–H groups in total. The molecule has 0 saturated heterocycles. The van der Waals surface area contributed by atoms with Crippen LogP contribution in [-0.2, 0) is 10.0 Å². The largest absolute Gasteiger partial charge is 0.497 e. The summed E-state index contributed by atoms with van der Waals surface area (Å²) in [6.07, 6.45) is 0.131. The molecule has 1 aromatic heterocycles. The highest BCUT2D eigenvalue weighted by atomic mass is 35.5. The number of hydrogen-bond acceptors (Lipinski definition) is 5. The van der Waals surface area contributed by atoms with Gasteiger partial charge in [0.1, 0.15) is 15.8 Å². The van der Waals surface area contributed by atoms with Crippen LogP contribution in [0.25, 0.3) is 0 Å². The second-order valence-corrected chi connectivity index (χ2v) is 7.83.